The number of nitrogens with zero attached hydrogens (tertiary/aromatic N) is 1. The minimum Gasteiger partial charge on any atom is -0.319 e. The summed E-state index contributed by atoms with van der Waals surface area (Å²) >= 11 is 0. The molecule has 1 aliphatic rings. The van der Waals surface area contributed by atoms with Gasteiger partial charge in [-0.05, 0) is 29.3 Å². The van der Waals surface area contributed by atoms with Crippen LogP contribution in [0.25, 0.3) is 10.8 Å². The Morgan fingerprint density at radius 2 is 1.65 bits per heavy atom. The molecule has 4 nitrogen and oxygen atoms in total. The van der Waals surface area contributed by atoms with E-state index in [4.69, 9.17) is 0 Å². The molecule has 0 unspecified atom stereocenters. The maximum atomic E-state index is 14.0. The highest BCUT2D eigenvalue weighted by Gasteiger charge is 2.49. The first-order chi connectivity index (χ1) is 12.5. The second-order valence-corrected chi connectivity index (χ2v) is 6.56. The molecule has 1 N–H and O–H groups in total. The number of benzene rings is 3. The summed E-state index contributed by atoms with van der Waals surface area (Å²) in [5.74, 6) is -0.825. The molecule has 4 rings (SSSR count). The highest BCUT2D eigenvalue weighted by Crippen LogP contribution is 2.34. The van der Waals surface area contributed by atoms with Gasteiger partial charge in [0.25, 0.3) is 5.91 Å². The lowest BCUT2D eigenvalue weighted by Gasteiger charge is -2.24. The van der Waals surface area contributed by atoms with Crippen LogP contribution in [0.3, 0.4) is 0 Å². The Bertz CT molecular complexity index is 1030. The maximum Gasteiger partial charge on any atom is 0.325 e. The number of carbonyl (C=O) groups excluding carboxylic acids is 2. The van der Waals surface area contributed by atoms with E-state index in [2.05, 4.69) is 5.32 Å². The van der Waals surface area contributed by atoms with Gasteiger partial charge in [0.15, 0.2) is 0 Å². The first-order valence-corrected chi connectivity index (χ1v) is 8.36. The number of imide groups is 1. The first-order valence-electron chi connectivity index (χ1n) is 8.36. The highest BCUT2D eigenvalue weighted by molar-refractivity contribution is 6.09. The van der Waals surface area contributed by atoms with Crippen LogP contribution in [0.1, 0.15) is 18.1 Å². The Labute approximate surface area is 150 Å². The Morgan fingerprint density at radius 3 is 2.46 bits per heavy atom. The molecule has 0 radical (unpaired) electrons. The van der Waals surface area contributed by atoms with Gasteiger partial charge in [-0.3, -0.25) is 9.69 Å². The van der Waals surface area contributed by atoms with Crippen molar-refractivity contribution >= 4 is 22.7 Å². The van der Waals surface area contributed by atoms with E-state index in [-0.39, 0.29) is 12.5 Å². The fraction of sp³-hybridized carbons (Fsp3) is 0.143. The van der Waals surface area contributed by atoms with Crippen LogP contribution >= 0.6 is 0 Å². The van der Waals surface area contributed by atoms with Gasteiger partial charge in [0.05, 0.1) is 6.54 Å². The highest BCUT2D eigenvalue weighted by atomic mass is 19.1. The number of nitrogens with one attached hydrogen (secondary N) is 1. The first kappa shape index (κ1) is 16.3. The zero-order chi connectivity index (χ0) is 18.3. The summed E-state index contributed by atoms with van der Waals surface area (Å²) in [5, 5.41) is 4.68. The minimum absolute atomic E-state index is 0.0995. The molecule has 0 aliphatic carbocycles. The minimum atomic E-state index is -1.19. The van der Waals surface area contributed by atoms with Gasteiger partial charge in [-0.1, -0.05) is 60.7 Å². The van der Waals surface area contributed by atoms with Crippen molar-refractivity contribution < 1.29 is 14.0 Å². The van der Waals surface area contributed by atoms with Crippen molar-refractivity contribution in [3.05, 3.63) is 83.7 Å². The smallest absolute Gasteiger partial charge is 0.319 e. The summed E-state index contributed by atoms with van der Waals surface area (Å²) in [7, 11) is 0. The lowest BCUT2D eigenvalue weighted by Crippen LogP contribution is -2.41. The number of hydrogen-bond donors (Lipinski definition) is 1. The summed E-state index contributed by atoms with van der Waals surface area (Å²) in [6.07, 6.45) is 0. The van der Waals surface area contributed by atoms with Crippen LogP contribution in [0.2, 0.25) is 0 Å². The zero-order valence-electron chi connectivity index (χ0n) is 14.2. The SMILES string of the molecule is C[C@@]1(c2cccc3ccccc23)NC(=O)N(Cc2ccccc2F)C1=O. The Hall–Kier alpha value is -3.21. The van der Waals surface area contributed by atoms with E-state index >= 15 is 0 Å². The predicted molar refractivity (Wildman–Crippen MR) is 96.8 cm³/mol. The summed E-state index contributed by atoms with van der Waals surface area (Å²) < 4.78 is 14.0. The summed E-state index contributed by atoms with van der Waals surface area (Å²) in [4.78, 5) is 26.7. The predicted octanol–water partition coefficient (Wildman–Crippen LogP) is 3.95. The largest absolute Gasteiger partial charge is 0.325 e. The van der Waals surface area contributed by atoms with Crippen LogP contribution in [0, 0.1) is 5.82 Å². The van der Waals surface area contributed by atoms with Crippen molar-refractivity contribution in [1.29, 1.82) is 0 Å². The van der Waals surface area contributed by atoms with Gasteiger partial charge in [-0.15, -0.1) is 0 Å². The molecular weight excluding hydrogens is 331 g/mol. The molecule has 1 saturated heterocycles. The second kappa shape index (κ2) is 5.95. The number of urea groups is 1. The van der Waals surface area contributed by atoms with Crippen molar-refractivity contribution in [2.75, 3.05) is 0 Å². The van der Waals surface area contributed by atoms with E-state index in [0.717, 1.165) is 21.2 Å². The van der Waals surface area contributed by atoms with Gasteiger partial charge in [0, 0.05) is 5.56 Å². The second-order valence-electron chi connectivity index (χ2n) is 6.56. The molecule has 130 valence electrons. The third-order valence-corrected chi connectivity index (χ3v) is 4.89. The normalized spacial score (nSPS) is 19.8. The van der Waals surface area contributed by atoms with Gasteiger partial charge in [0.2, 0.25) is 0 Å². The number of halogens is 1. The van der Waals surface area contributed by atoms with Crippen LogP contribution in [-0.2, 0) is 16.9 Å². The van der Waals surface area contributed by atoms with Crippen LogP contribution in [0.15, 0.2) is 66.7 Å². The molecule has 1 aliphatic heterocycles. The Balaban J connectivity index is 1.75. The fourth-order valence-electron chi connectivity index (χ4n) is 3.48. The van der Waals surface area contributed by atoms with Crippen LogP contribution in [-0.4, -0.2) is 16.8 Å². The van der Waals surface area contributed by atoms with Gasteiger partial charge in [-0.2, -0.15) is 0 Å². The third-order valence-electron chi connectivity index (χ3n) is 4.89. The maximum absolute atomic E-state index is 14.0. The van der Waals surface area contributed by atoms with Gasteiger partial charge >= 0.3 is 6.03 Å². The molecule has 3 amide bonds. The lowest BCUT2D eigenvalue weighted by atomic mass is 9.88. The van der Waals surface area contributed by atoms with Crippen LogP contribution < -0.4 is 5.32 Å². The van der Waals surface area contributed by atoms with Crippen LogP contribution in [0.4, 0.5) is 9.18 Å². The van der Waals surface area contributed by atoms with Crippen molar-refractivity contribution in [3.63, 3.8) is 0 Å². The van der Waals surface area contributed by atoms with Gasteiger partial charge < -0.3 is 5.32 Å². The lowest BCUT2D eigenvalue weighted by molar-refractivity contribution is -0.131. The van der Waals surface area contributed by atoms with E-state index < -0.39 is 17.4 Å². The molecule has 0 spiro atoms. The number of hydrogen-bond acceptors (Lipinski definition) is 2. The number of amides is 3. The summed E-state index contributed by atoms with van der Waals surface area (Å²) in [6, 6.07) is 19.0. The number of fused-ring (bicyclic) bond motifs is 1. The van der Waals surface area contributed by atoms with Crippen molar-refractivity contribution in [2.24, 2.45) is 0 Å². The van der Waals surface area contributed by atoms with E-state index in [0.29, 0.717) is 5.56 Å². The molecule has 0 bridgehead atoms. The number of carbonyl (C=O) groups is 2. The molecule has 1 atom stereocenters. The molecular formula is C21H17FN2O2. The van der Waals surface area contributed by atoms with E-state index in [9.17, 15) is 14.0 Å². The average molecular weight is 348 g/mol. The molecule has 1 heterocycles. The Kier molecular flexibility index (Phi) is 3.72. The molecule has 5 heteroatoms. The molecule has 26 heavy (non-hydrogen) atoms. The number of rotatable bonds is 3. The third kappa shape index (κ3) is 2.44. The quantitative estimate of drug-likeness (QED) is 0.729. The Morgan fingerprint density at radius 1 is 0.962 bits per heavy atom. The molecule has 1 fully saturated rings. The summed E-state index contributed by atoms with van der Waals surface area (Å²) in [5.41, 5.74) is -0.161. The molecule has 3 aromatic rings. The topological polar surface area (TPSA) is 49.4 Å². The summed E-state index contributed by atoms with van der Waals surface area (Å²) in [6.45, 7) is 1.59. The van der Waals surface area contributed by atoms with Gasteiger partial charge in [0.1, 0.15) is 11.4 Å². The molecule has 0 saturated carbocycles. The van der Waals surface area contributed by atoms with Crippen molar-refractivity contribution in [1.82, 2.24) is 10.2 Å². The van der Waals surface area contributed by atoms with Crippen molar-refractivity contribution in [3.8, 4) is 0 Å². The molecule has 3 aromatic carbocycles. The standard InChI is InChI=1S/C21H17FN2O2/c1-21(17-11-6-9-14-7-2-4-10-16(14)17)19(25)24(20(26)23-21)13-15-8-3-5-12-18(15)22/h2-12H,13H2,1H3,(H,23,26)/t21-/m0/s1. The molecule has 0 aromatic heterocycles. The fourth-order valence-corrected chi connectivity index (χ4v) is 3.48. The van der Waals surface area contributed by atoms with Gasteiger partial charge in [-0.25, -0.2) is 9.18 Å². The van der Waals surface area contributed by atoms with Crippen molar-refractivity contribution in [2.45, 2.75) is 19.0 Å². The zero-order valence-corrected chi connectivity index (χ0v) is 14.2. The van der Waals surface area contributed by atoms with E-state index in [1.165, 1.54) is 6.07 Å². The van der Waals surface area contributed by atoms with E-state index in [1.54, 1.807) is 25.1 Å². The average Bonchev–Trinajstić information content (AvgIpc) is 2.87. The monoisotopic (exact) mass is 348 g/mol. The van der Waals surface area contributed by atoms with E-state index in [1.807, 2.05) is 42.5 Å². The van der Waals surface area contributed by atoms with Crippen LogP contribution in [0.5, 0.6) is 0 Å².